The van der Waals surface area contributed by atoms with E-state index in [2.05, 4.69) is 5.32 Å². The van der Waals surface area contributed by atoms with Gasteiger partial charge < -0.3 is 14.8 Å². The Balaban J connectivity index is 1.98. The minimum atomic E-state index is -1.15. The van der Waals surface area contributed by atoms with Crippen LogP contribution in [0.5, 0.6) is 5.75 Å². The molecule has 4 rings (SSSR count). The van der Waals surface area contributed by atoms with E-state index in [1.165, 1.54) is 0 Å². The largest absolute Gasteiger partial charge is 0.467 e. The molecule has 2 aromatic carbocycles. The van der Waals surface area contributed by atoms with E-state index >= 15 is 0 Å². The molecule has 3 unspecified atom stereocenters. The zero-order valence-electron chi connectivity index (χ0n) is 16.7. The molecule has 0 aromatic heterocycles. The van der Waals surface area contributed by atoms with Gasteiger partial charge in [0.2, 0.25) is 5.91 Å². The van der Waals surface area contributed by atoms with E-state index in [4.69, 9.17) is 9.47 Å². The molecule has 2 bridgehead atoms. The number of aryl methyl sites for hydroxylation is 2. The monoisotopic (exact) mass is 379 g/mol. The van der Waals surface area contributed by atoms with Gasteiger partial charge >= 0.3 is 5.97 Å². The van der Waals surface area contributed by atoms with Crippen LogP contribution in [0.15, 0.2) is 42.5 Å². The van der Waals surface area contributed by atoms with Crippen LogP contribution in [0, 0.1) is 19.8 Å². The SMILES string of the molecule is CCOC(=O)C1C2(C)NC(=O)C1(Cc1ccccc1)c1cc(C)c(C)cc1O2. The van der Waals surface area contributed by atoms with Gasteiger partial charge in [0.05, 0.1) is 6.61 Å². The summed E-state index contributed by atoms with van der Waals surface area (Å²) in [6.07, 6.45) is 0.400. The lowest BCUT2D eigenvalue weighted by Gasteiger charge is -2.43. The van der Waals surface area contributed by atoms with Gasteiger partial charge in [0.25, 0.3) is 0 Å². The van der Waals surface area contributed by atoms with E-state index in [0.717, 1.165) is 22.3 Å². The third kappa shape index (κ3) is 2.53. The van der Waals surface area contributed by atoms with Gasteiger partial charge in [-0.05, 0) is 56.9 Å². The number of hydrogen-bond acceptors (Lipinski definition) is 4. The smallest absolute Gasteiger partial charge is 0.316 e. The summed E-state index contributed by atoms with van der Waals surface area (Å²) in [7, 11) is 0. The second-order valence-electron chi connectivity index (χ2n) is 7.91. The fraction of sp³-hybridized carbons (Fsp3) is 0.391. The number of benzene rings is 2. The van der Waals surface area contributed by atoms with E-state index in [9.17, 15) is 9.59 Å². The molecule has 0 radical (unpaired) electrons. The van der Waals surface area contributed by atoms with E-state index in [1.54, 1.807) is 13.8 Å². The minimum Gasteiger partial charge on any atom is -0.467 e. The number of carbonyl (C=O) groups is 2. The lowest BCUT2D eigenvalue weighted by Crippen LogP contribution is -2.56. The summed E-state index contributed by atoms with van der Waals surface area (Å²) >= 11 is 0. The van der Waals surface area contributed by atoms with E-state index in [1.807, 2.05) is 56.3 Å². The van der Waals surface area contributed by atoms with Crippen LogP contribution in [0.1, 0.15) is 36.1 Å². The molecule has 146 valence electrons. The number of nitrogens with one attached hydrogen (secondary N) is 1. The highest BCUT2D eigenvalue weighted by atomic mass is 16.5. The van der Waals surface area contributed by atoms with E-state index < -0.39 is 23.0 Å². The zero-order chi connectivity index (χ0) is 20.1. The quantitative estimate of drug-likeness (QED) is 0.829. The summed E-state index contributed by atoms with van der Waals surface area (Å²) in [6, 6.07) is 13.7. The first-order chi connectivity index (χ1) is 13.3. The maximum Gasteiger partial charge on any atom is 0.316 e. The Kier molecular flexibility index (Phi) is 4.21. The molecule has 0 saturated carbocycles. The van der Waals surface area contributed by atoms with Crippen molar-refractivity contribution < 1.29 is 19.1 Å². The van der Waals surface area contributed by atoms with Crippen molar-refractivity contribution in [3.8, 4) is 5.75 Å². The predicted octanol–water partition coefficient (Wildman–Crippen LogP) is 3.20. The number of ether oxygens (including phenoxy) is 2. The Hall–Kier alpha value is -2.82. The van der Waals surface area contributed by atoms with Crippen LogP contribution in [0.4, 0.5) is 0 Å². The van der Waals surface area contributed by atoms with Crippen LogP contribution in [0.25, 0.3) is 0 Å². The van der Waals surface area contributed by atoms with Gasteiger partial charge in [0.1, 0.15) is 17.1 Å². The van der Waals surface area contributed by atoms with Crippen molar-refractivity contribution in [1.29, 1.82) is 0 Å². The molecule has 1 N–H and O–H groups in total. The van der Waals surface area contributed by atoms with Crippen molar-refractivity contribution in [3.05, 3.63) is 64.7 Å². The number of esters is 1. The Morgan fingerprint density at radius 1 is 1.18 bits per heavy atom. The molecule has 1 saturated heterocycles. The summed E-state index contributed by atoms with van der Waals surface area (Å²) in [5.41, 5.74) is 1.66. The standard InChI is InChI=1S/C23H25NO4/c1-5-27-20(25)19-22(4)24-21(26)23(19,13-16-9-7-6-8-10-16)17-11-14(2)15(3)12-18(17)28-22/h6-12,19H,5,13H2,1-4H3,(H,24,26). The molecule has 5 nitrogen and oxygen atoms in total. The first kappa shape index (κ1) is 18.5. The van der Waals surface area contributed by atoms with Crippen LogP contribution >= 0.6 is 0 Å². The molecule has 0 spiro atoms. The first-order valence-electron chi connectivity index (χ1n) is 9.65. The van der Waals surface area contributed by atoms with Crippen LogP contribution < -0.4 is 10.1 Å². The van der Waals surface area contributed by atoms with Gasteiger partial charge in [-0.3, -0.25) is 9.59 Å². The Labute approximate surface area is 165 Å². The van der Waals surface area contributed by atoms with Crippen LogP contribution in [0.2, 0.25) is 0 Å². The third-order valence-electron chi connectivity index (χ3n) is 6.06. The fourth-order valence-electron chi connectivity index (χ4n) is 4.67. The maximum absolute atomic E-state index is 13.5. The number of amides is 1. The highest BCUT2D eigenvalue weighted by molar-refractivity contribution is 6.00. The van der Waals surface area contributed by atoms with Gasteiger partial charge in [0.15, 0.2) is 5.72 Å². The molecular weight excluding hydrogens is 354 g/mol. The second kappa shape index (κ2) is 6.36. The van der Waals surface area contributed by atoms with Crippen molar-refractivity contribution in [3.63, 3.8) is 0 Å². The molecule has 2 aromatic rings. The zero-order valence-corrected chi connectivity index (χ0v) is 16.7. The third-order valence-corrected chi connectivity index (χ3v) is 6.06. The Morgan fingerprint density at radius 3 is 2.54 bits per heavy atom. The molecule has 2 aliphatic heterocycles. The first-order valence-corrected chi connectivity index (χ1v) is 9.65. The van der Waals surface area contributed by atoms with Crippen molar-refractivity contribution >= 4 is 11.9 Å². The van der Waals surface area contributed by atoms with Gasteiger partial charge in [-0.1, -0.05) is 36.4 Å². The number of rotatable bonds is 4. The minimum absolute atomic E-state index is 0.195. The van der Waals surface area contributed by atoms with Gasteiger partial charge in [0, 0.05) is 5.56 Å². The molecule has 2 heterocycles. The average Bonchev–Trinajstić information content (AvgIpc) is 2.80. The van der Waals surface area contributed by atoms with E-state index in [0.29, 0.717) is 12.2 Å². The topological polar surface area (TPSA) is 64.6 Å². The summed E-state index contributed by atoms with van der Waals surface area (Å²) in [5.74, 6) is -0.732. The number of fused-ring (bicyclic) bond motifs is 4. The summed E-state index contributed by atoms with van der Waals surface area (Å²) in [4.78, 5) is 26.5. The fourth-order valence-corrected chi connectivity index (χ4v) is 4.67. The molecule has 1 fully saturated rings. The van der Waals surface area contributed by atoms with Crippen molar-refractivity contribution in [1.82, 2.24) is 5.32 Å². The highest BCUT2D eigenvalue weighted by Gasteiger charge is 2.70. The van der Waals surface area contributed by atoms with Gasteiger partial charge in [-0.2, -0.15) is 0 Å². The molecular formula is C23H25NO4. The van der Waals surface area contributed by atoms with Gasteiger partial charge in [-0.15, -0.1) is 0 Å². The Morgan fingerprint density at radius 2 is 1.86 bits per heavy atom. The molecule has 2 aliphatic rings. The molecule has 28 heavy (non-hydrogen) atoms. The number of hydrogen-bond donors (Lipinski definition) is 1. The van der Waals surface area contributed by atoms with E-state index in [-0.39, 0.29) is 12.5 Å². The van der Waals surface area contributed by atoms with Crippen molar-refractivity contribution in [2.75, 3.05) is 6.61 Å². The lowest BCUT2D eigenvalue weighted by atomic mass is 9.64. The molecule has 3 atom stereocenters. The molecule has 0 aliphatic carbocycles. The van der Waals surface area contributed by atoms with Crippen molar-refractivity contribution in [2.24, 2.45) is 5.92 Å². The van der Waals surface area contributed by atoms with Gasteiger partial charge in [-0.25, -0.2) is 0 Å². The summed E-state index contributed by atoms with van der Waals surface area (Å²) in [5, 5.41) is 2.97. The Bertz CT molecular complexity index is 955. The second-order valence-corrected chi connectivity index (χ2v) is 7.91. The maximum atomic E-state index is 13.5. The average molecular weight is 379 g/mol. The lowest BCUT2D eigenvalue weighted by molar-refractivity contribution is -0.160. The number of carbonyl (C=O) groups excluding carboxylic acids is 2. The summed E-state index contributed by atoms with van der Waals surface area (Å²) < 4.78 is 11.6. The summed E-state index contributed by atoms with van der Waals surface area (Å²) in [6.45, 7) is 7.80. The van der Waals surface area contributed by atoms with Crippen LogP contribution in [-0.4, -0.2) is 24.2 Å². The van der Waals surface area contributed by atoms with Crippen LogP contribution in [0.3, 0.4) is 0 Å². The normalized spacial score (nSPS) is 27.6. The van der Waals surface area contributed by atoms with Crippen LogP contribution in [-0.2, 0) is 26.2 Å². The predicted molar refractivity (Wildman–Crippen MR) is 105 cm³/mol. The van der Waals surface area contributed by atoms with Crippen molar-refractivity contribution in [2.45, 2.75) is 45.3 Å². The molecule has 1 amide bonds. The molecule has 5 heteroatoms. The highest BCUT2D eigenvalue weighted by Crippen LogP contribution is 2.55.